The van der Waals surface area contributed by atoms with Gasteiger partial charge in [-0.3, -0.25) is 4.79 Å². The molecule has 106 valence electrons. The Morgan fingerprint density at radius 3 is 2.56 bits per heavy atom. The number of nitrogens with zero attached hydrogens (tertiary/aromatic N) is 1. The van der Waals surface area contributed by atoms with Crippen molar-refractivity contribution in [3.63, 3.8) is 0 Å². The zero-order chi connectivity index (χ0) is 14.0. The topological polar surface area (TPSA) is 80.5 Å². The van der Waals surface area contributed by atoms with Crippen LogP contribution < -0.4 is 5.73 Å². The van der Waals surface area contributed by atoms with Gasteiger partial charge in [-0.1, -0.05) is 13.8 Å². The highest BCUT2D eigenvalue weighted by atomic mass is 32.2. The highest BCUT2D eigenvalue weighted by Gasteiger charge is 2.31. The number of Topliss-reactive ketones (excluding diaryl/α,β-unsaturated/α-hetero) is 1. The molecule has 1 aliphatic heterocycles. The van der Waals surface area contributed by atoms with E-state index in [4.69, 9.17) is 5.73 Å². The van der Waals surface area contributed by atoms with Gasteiger partial charge in [0.25, 0.3) is 0 Å². The molecule has 0 radical (unpaired) electrons. The molecule has 0 aromatic carbocycles. The number of sulfonamides is 1. The number of piperidine rings is 1. The van der Waals surface area contributed by atoms with E-state index in [1.54, 1.807) is 0 Å². The molecule has 1 rings (SSSR count). The smallest absolute Gasteiger partial charge is 0.211 e. The fraction of sp³-hybridized carbons (Fsp3) is 0.917. The van der Waals surface area contributed by atoms with Crippen molar-refractivity contribution in [2.24, 2.45) is 17.1 Å². The molecule has 0 aliphatic carbocycles. The third-order valence-electron chi connectivity index (χ3n) is 3.69. The third-order valence-corrected chi connectivity index (χ3v) is 4.96. The van der Waals surface area contributed by atoms with Crippen LogP contribution in [0.25, 0.3) is 0 Å². The standard InChI is InChI=1S/C12H24N2O3S/c1-12(2,9-13)11(15)7-10-5-4-6-14(8-10)18(3,16)17/h10H,4-9,13H2,1-3H3. The first-order valence-corrected chi connectivity index (χ1v) is 8.20. The maximum absolute atomic E-state index is 12.1. The summed E-state index contributed by atoms with van der Waals surface area (Å²) in [6, 6.07) is 0. The number of rotatable bonds is 5. The molecular weight excluding hydrogens is 252 g/mol. The minimum absolute atomic E-state index is 0.130. The van der Waals surface area contributed by atoms with Gasteiger partial charge in [0, 0.05) is 31.5 Å². The van der Waals surface area contributed by atoms with Gasteiger partial charge in [-0.15, -0.1) is 0 Å². The van der Waals surface area contributed by atoms with Crippen LogP contribution in [-0.2, 0) is 14.8 Å². The van der Waals surface area contributed by atoms with Gasteiger partial charge in [0.1, 0.15) is 5.78 Å². The molecule has 0 aromatic rings. The molecule has 1 saturated heterocycles. The van der Waals surface area contributed by atoms with Crippen LogP contribution in [0.15, 0.2) is 0 Å². The lowest BCUT2D eigenvalue weighted by atomic mass is 9.81. The summed E-state index contributed by atoms with van der Waals surface area (Å²) in [6.07, 6.45) is 3.39. The zero-order valence-electron chi connectivity index (χ0n) is 11.5. The summed E-state index contributed by atoms with van der Waals surface area (Å²) in [7, 11) is -3.14. The average molecular weight is 276 g/mol. The number of hydrogen-bond acceptors (Lipinski definition) is 4. The van der Waals surface area contributed by atoms with Gasteiger partial charge < -0.3 is 5.73 Å². The van der Waals surface area contributed by atoms with Crippen molar-refractivity contribution in [1.82, 2.24) is 4.31 Å². The van der Waals surface area contributed by atoms with Gasteiger partial charge in [0.15, 0.2) is 0 Å². The van der Waals surface area contributed by atoms with Crippen molar-refractivity contribution in [2.45, 2.75) is 33.1 Å². The Morgan fingerprint density at radius 1 is 1.44 bits per heavy atom. The van der Waals surface area contributed by atoms with Crippen LogP contribution in [0, 0.1) is 11.3 Å². The van der Waals surface area contributed by atoms with Gasteiger partial charge in [-0.25, -0.2) is 12.7 Å². The van der Waals surface area contributed by atoms with Gasteiger partial charge in [-0.2, -0.15) is 0 Å². The molecule has 0 saturated carbocycles. The van der Waals surface area contributed by atoms with E-state index >= 15 is 0 Å². The molecule has 18 heavy (non-hydrogen) atoms. The molecule has 0 bridgehead atoms. The largest absolute Gasteiger partial charge is 0.329 e. The van der Waals surface area contributed by atoms with Gasteiger partial charge in [-0.05, 0) is 18.8 Å². The van der Waals surface area contributed by atoms with Crippen LogP contribution in [0.5, 0.6) is 0 Å². The van der Waals surface area contributed by atoms with Gasteiger partial charge in [0.05, 0.1) is 6.26 Å². The Hall–Kier alpha value is -0.460. The van der Waals surface area contributed by atoms with Crippen LogP contribution in [-0.4, -0.2) is 44.4 Å². The Kier molecular flexibility index (Phi) is 4.91. The molecule has 1 atom stereocenters. The Balaban J connectivity index is 2.61. The lowest BCUT2D eigenvalue weighted by Crippen LogP contribution is -2.41. The molecule has 1 unspecified atom stereocenters. The zero-order valence-corrected chi connectivity index (χ0v) is 12.3. The van der Waals surface area contributed by atoms with Crippen molar-refractivity contribution in [3.05, 3.63) is 0 Å². The number of carbonyl (C=O) groups is 1. The summed E-state index contributed by atoms with van der Waals surface area (Å²) >= 11 is 0. The molecule has 5 nitrogen and oxygen atoms in total. The highest BCUT2D eigenvalue weighted by Crippen LogP contribution is 2.26. The second kappa shape index (κ2) is 5.67. The van der Waals surface area contributed by atoms with E-state index in [9.17, 15) is 13.2 Å². The van der Waals surface area contributed by atoms with Crippen molar-refractivity contribution < 1.29 is 13.2 Å². The van der Waals surface area contributed by atoms with E-state index in [0.29, 0.717) is 26.1 Å². The second-order valence-corrected chi connectivity index (χ2v) is 7.83. The van der Waals surface area contributed by atoms with E-state index in [-0.39, 0.29) is 11.7 Å². The predicted molar refractivity (Wildman–Crippen MR) is 71.6 cm³/mol. The number of hydrogen-bond donors (Lipinski definition) is 1. The minimum atomic E-state index is -3.14. The summed E-state index contributed by atoms with van der Waals surface area (Å²) in [4.78, 5) is 12.1. The molecule has 6 heteroatoms. The molecule has 0 aromatic heterocycles. The van der Waals surface area contributed by atoms with E-state index < -0.39 is 15.4 Å². The van der Waals surface area contributed by atoms with Crippen LogP contribution >= 0.6 is 0 Å². The number of carbonyl (C=O) groups excluding carboxylic acids is 1. The number of nitrogens with two attached hydrogens (primary N) is 1. The fourth-order valence-electron chi connectivity index (χ4n) is 2.15. The third kappa shape index (κ3) is 4.03. The first-order valence-electron chi connectivity index (χ1n) is 6.35. The first kappa shape index (κ1) is 15.6. The summed E-state index contributed by atoms with van der Waals surface area (Å²) < 4.78 is 24.5. The molecule has 0 amide bonds. The van der Waals surface area contributed by atoms with Crippen molar-refractivity contribution in [3.8, 4) is 0 Å². The van der Waals surface area contributed by atoms with Crippen LogP contribution in [0.4, 0.5) is 0 Å². The summed E-state index contributed by atoms with van der Waals surface area (Å²) in [5.74, 6) is 0.261. The average Bonchev–Trinajstić information content (AvgIpc) is 2.28. The Bertz CT molecular complexity index is 404. The van der Waals surface area contributed by atoms with Crippen molar-refractivity contribution in [1.29, 1.82) is 0 Å². The molecule has 2 N–H and O–H groups in total. The number of ketones is 1. The quantitative estimate of drug-likeness (QED) is 0.797. The van der Waals surface area contributed by atoms with Crippen molar-refractivity contribution >= 4 is 15.8 Å². The summed E-state index contributed by atoms with van der Waals surface area (Å²) in [5.41, 5.74) is 5.08. The lowest BCUT2D eigenvalue weighted by molar-refractivity contribution is -0.127. The highest BCUT2D eigenvalue weighted by molar-refractivity contribution is 7.88. The molecular formula is C12H24N2O3S. The maximum Gasteiger partial charge on any atom is 0.211 e. The molecule has 0 spiro atoms. The van der Waals surface area contributed by atoms with E-state index in [1.807, 2.05) is 13.8 Å². The molecule has 1 aliphatic rings. The fourth-order valence-corrected chi connectivity index (χ4v) is 3.09. The summed E-state index contributed by atoms with van der Waals surface area (Å²) in [6.45, 7) is 5.04. The maximum atomic E-state index is 12.1. The van der Waals surface area contributed by atoms with Gasteiger partial charge >= 0.3 is 0 Å². The molecule has 1 fully saturated rings. The first-order chi connectivity index (χ1) is 8.16. The van der Waals surface area contributed by atoms with Crippen LogP contribution in [0.2, 0.25) is 0 Å². The lowest BCUT2D eigenvalue weighted by Gasteiger charge is -2.32. The SMILES string of the molecule is CC(C)(CN)C(=O)CC1CCCN(S(C)(=O)=O)C1. The Morgan fingerprint density at radius 2 is 2.06 bits per heavy atom. The van der Waals surface area contributed by atoms with E-state index in [2.05, 4.69) is 0 Å². The second-order valence-electron chi connectivity index (χ2n) is 5.84. The van der Waals surface area contributed by atoms with E-state index in [1.165, 1.54) is 10.6 Å². The monoisotopic (exact) mass is 276 g/mol. The van der Waals surface area contributed by atoms with Crippen LogP contribution in [0.3, 0.4) is 0 Å². The van der Waals surface area contributed by atoms with Crippen molar-refractivity contribution in [2.75, 3.05) is 25.9 Å². The Labute approximate surface area is 110 Å². The normalized spacial score (nSPS) is 23.0. The minimum Gasteiger partial charge on any atom is -0.329 e. The summed E-state index contributed by atoms with van der Waals surface area (Å²) in [5, 5.41) is 0. The van der Waals surface area contributed by atoms with Crippen LogP contribution in [0.1, 0.15) is 33.1 Å². The van der Waals surface area contributed by atoms with Gasteiger partial charge in [0.2, 0.25) is 10.0 Å². The van der Waals surface area contributed by atoms with E-state index in [0.717, 1.165) is 12.8 Å². The predicted octanol–water partition coefficient (Wildman–Crippen LogP) is 0.602. The molecule has 1 heterocycles.